The van der Waals surface area contributed by atoms with Crippen molar-refractivity contribution in [3.05, 3.63) is 35.5 Å². The molecular weight excluding hydrogens is 396 g/mol. The fourth-order valence-corrected chi connectivity index (χ4v) is 4.79. The smallest absolute Gasteiger partial charge is 0.335 e. The predicted octanol–water partition coefficient (Wildman–Crippen LogP) is 2.83. The van der Waals surface area contributed by atoms with E-state index in [2.05, 4.69) is 16.4 Å². The molecule has 1 fully saturated rings. The molecule has 0 aliphatic heterocycles. The van der Waals surface area contributed by atoms with Crippen molar-refractivity contribution in [1.29, 1.82) is 5.26 Å². The van der Waals surface area contributed by atoms with Gasteiger partial charge in [-0.3, -0.25) is 9.59 Å². The molecule has 164 valence electrons. The number of amides is 2. The molecule has 2 aromatic rings. The molecule has 1 heterocycles. The summed E-state index contributed by atoms with van der Waals surface area (Å²) in [6.45, 7) is 3.94. The summed E-state index contributed by atoms with van der Waals surface area (Å²) in [6.07, 6.45) is 4.48. The van der Waals surface area contributed by atoms with Gasteiger partial charge in [0.05, 0.1) is 23.0 Å². The van der Waals surface area contributed by atoms with Gasteiger partial charge in [-0.15, -0.1) is 0 Å². The molecule has 5 N–H and O–H groups in total. The lowest BCUT2D eigenvalue weighted by molar-refractivity contribution is -0.137. The summed E-state index contributed by atoms with van der Waals surface area (Å²) < 4.78 is 0. The van der Waals surface area contributed by atoms with Gasteiger partial charge in [-0.05, 0) is 48.9 Å². The molecule has 8 nitrogen and oxygen atoms in total. The number of aromatic nitrogens is 1. The van der Waals surface area contributed by atoms with Crippen LogP contribution in [0.25, 0.3) is 10.9 Å². The van der Waals surface area contributed by atoms with Crippen LogP contribution in [0.3, 0.4) is 0 Å². The Balaban J connectivity index is 2.09. The quantitative estimate of drug-likeness (QED) is 0.539. The van der Waals surface area contributed by atoms with Gasteiger partial charge >= 0.3 is 5.97 Å². The van der Waals surface area contributed by atoms with Gasteiger partial charge in [0, 0.05) is 17.1 Å². The highest BCUT2D eigenvalue weighted by molar-refractivity contribution is 6.01. The van der Waals surface area contributed by atoms with E-state index in [0.717, 1.165) is 6.42 Å². The van der Waals surface area contributed by atoms with Gasteiger partial charge in [-0.25, -0.2) is 4.79 Å². The van der Waals surface area contributed by atoms with Crippen molar-refractivity contribution in [3.8, 4) is 6.07 Å². The number of aromatic amines is 1. The van der Waals surface area contributed by atoms with Crippen LogP contribution in [-0.2, 0) is 15.0 Å². The number of primary amides is 1. The van der Waals surface area contributed by atoms with Gasteiger partial charge in [0.1, 0.15) is 6.04 Å². The van der Waals surface area contributed by atoms with Gasteiger partial charge in [0.15, 0.2) is 0 Å². The molecule has 0 saturated heterocycles. The predicted molar refractivity (Wildman–Crippen MR) is 115 cm³/mol. The molecule has 1 aliphatic carbocycles. The number of carbonyl (C=O) groups is 3. The van der Waals surface area contributed by atoms with E-state index in [4.69, 9.17) is 5.73 Å². The Morgan fingerprint density at radius 1 is 1.35 bits per heavy atom. The standard InChI is InChI=1S/C23H28N4O4/c1-13(2)9-15(11-24)27-20(28)17-5-3-4-8-23(17,22(25)31)18-12-26-19-7-6-14(21(29)30)10-16(18)19/h6-7,10,12-13,15,17,26H,3-5,8-9H2,1-2H3,(H2,25,31)(H,27,28)(H,29,30)/t15-,17-,23-/m0/s1. The molecule has 0 spiro atoms. The molecule has 1 aliphatic rings. The summed E-state index contributed by atoms with van der Waals surface area (Å²) in [7, 11) is 0. The van der Waals surface area contributed by atoms with E-state index in [1.807, 2.05) is 13.8 Å². The maximum atomic E-state index is 13.3. The van der Waals surface area contributed by atoms with Crippen molar-refractivity contribution in [1.82, 2.24) is 10.3 Å². The van der Waals surface area contributed by atoms with Gasteiger partial charge in [-0.1, -0.05) is 26.7 Å². The minimum Gasteiger partial charge on any atom is -0.478 e. The minimum absolute atomic E-state index is 0.0891. The monoisotopic (exact) mass is 424 g/mol. The highest BCUT2D eigenvalue weighted by Crippen LogP contribution is 2.46. The molecule has 2 amide bonds. The van der Waals surface area contributed by atoms with Crippen LogP contribution in [0.4, 0.5) is 0 Å². The van der Waals surface area contributed by atoms with Crippen molar-refractivity contribution in [2.45, 2.75) is 57.4 Å². The van der Waals surface area contributed by atoms with Crippen molar-refractivity contribution in [2.24, 2.45) is 17.6 Å². The van der Waals surface area contributed by atoms with Crippen LogP contribution in [-0.4, -0.2) is 33.9 Å². The maximum absolute atomic E-state index is 13.3. The number of nitrogens with zero attached hydrogens (tertiary/aromatic N) is 1. The van der Waals surface area contributed by atoms with Gasteiger partial charge in [-0.2, -0.15) is 5.26 Å². The average molecular weight is 425 g/mol. The number of benzene rings is 1. The first kappa shape index (κ1) is 22.3. The minimum atomic E-state index is -1.28. The van der Waals surface area contributed by atoms with E-state index in [1.54, 1.807) is 12.3 Å². The molecule has 3 rings (SSSR count). The normalized spacial score (nSPS) is 22.1. The Morgan fingerprint density at radius 3 is 2.71 bits per heavy atom. The topological polar surface area (TPSA) is 149 Å². The number of fused-ring (bicyclic) bond motifs is 1. The second-order valence-corrected chi connectivity index (χ2v) is 8.72. The van der Waals surface area contributed by atoms with Gasteiger partial charge in [0.25, 0.3) is 0 Å². The van der Waals surface area contributed by atoms with Crippen LogP contribution in [0.5, 0.6) is 0 Å². The van der Waals surface area contributed by atoms with Crippen molar-refractivity contribution >= 4 is 28.7 Å². The highest BCUT2D eigenvalue weighted by Gasteiger charge is 2.51. The first-order chi connectivity index (χ1) is 14.7. The lowest BCUT2D eigenvalue weighted by Gasteiger charge is -2.41. The molecule has 3 atom stereocenters. The Hall–Kier alpha value is -3.34. The number of carboxylic acid groups (broad SMARTS) is 1. The summed E-state index contributed by atoms with van der Waals surface area (Å²) in [5, 5.41) is 22.2. The van der Waals surface area contributed by atoms with E-state index in [1.165, 1.54) is 12.1 Å². The molecule has 0 radical (unpaired) electrons. The fourth-order valence-electron chi connectivity index (χ4n) is 4.79. The number of carboxylic acids is 1. The molecule has 8 heteroatoms. The van der Waals surface area contributed by atoms with Crippen molar-refractivity contribution < 1.29 is 19.5 Å². The van der Waals surface area contributed by atoms with E-state index in [-0.39, 0.29) is 17.4 Å². The number of hydrogen-bond donors (Lipinski definition) is 4. The average Bonchev–Trinajstić information content (AvgIpc) is 3.16. The molecule has 31 heavy (non-hydrogen) atoms. The molecule has 1 aromatic carbocycles. The van der Waals surface area contributed by atoms with Crippen molar-refractivity contribution in [3.63, 3.8) is 0 Å². The largest absolute Gasteiger partial charge is 0.478 e. The number of carbonyl (C=O) groups excluding carboxylic acids is 2. The second-order valence-electron chi connectivity index (χ2n) is 8.72. The zero-order chi connectivity index (χ0) is 22.8. The fraction of sp³-hybridized carbons (Fsp3) is 0.478. The van der Waals surface area contributed by atoms with Crippen LogP contribution in [0.2, 0.25) is 0 Å². The first-order valence-electron chi connectivity index (χ1n) is 10.6. The molecule has 0 bridgehead atoms. The second kappa shape index (κ2) is 8.80. The van der Waals surface area contributed by atoms with Crippen LogP contribution in [0.1, 0.15) is 61.9 Å². The Morgan fingerprint density at radius 2 is 2.10 bits per heavy atom. The van der Waals surface area contributed by atoms with Crippen molar-refractivity contribution in [2.75, 3.05) is 0 Å². The third-order valence-corrected chi connectivity index (χ3v) is 6.25. The summed E-state index contributed by atoms with van der Waals surface area (Å²) in [5.41, 5.74) is 5.95. The zero-order valence-electron chi connectivity index (χ0n) is 17.8. The first-order valence-corrected chi connectivity index (χ1v) is 10.6. The Kier molecular flexibility index (Phi) is 6.34. The number of H-pyrrole nitrogens is 1. The SMILES string of the molecule is CC(C)C[C@@H](C#N)NC(=O)[C@@H]1CCCC[C@@]1(C(N)=O)c1c[nH]c2ccc(C(=O)O)cc12. The lowest BCUT2D eigenvalue weighted by Crippen LogP contribution is -2.55. The number of rotatable bonds is 7. The number of hydrogen-bond acceptors (Lipinski definition) is 4. The molecular formula is C23H28N4O4. The third-order valence-electron chi connectivity index (χ3n) is 6.25. The lowest BCUT2D eigenvalue weighted by atomic mass is 9.61. The highest BCUT2D eigenvalue weighted by atomic mass is 16.4. The van der Waals surface area contributed by atoms with Crippen LogP contribution in [0, 0.1) is 23.2 Å². The zero-order valence-corrected chi connectivity index (χ0v) is 17.8. The summed E-state index contributed by atoms with van der Waals surface area (Å²) in [5.74, 6) is -2.58. The number of nitrogens with two attached hydrogens (primary N) is 1. The number of nitriles is 1. The van der Waals surface area contributed by atoms with E-state index in [9.17, 15) is 24.8 Å². The van der Waals surface area contributed by atoms with E-state index >= 15 is 0 Å². The van der Waals surface area contributed by atoms with Crippen LogP contribution < -0.4 is 11.1 Å². The van der Waals surface area contributed by atoms with E-state index < -0.39 is 29.3 Å². The molecule has 1 saturated carbocycles. The molecule has 0 unspecified atom stereocenters. The van der Waals surface area contributed by atoms with Crippen LogP contribution >= 0.6 is 0 Å². The summed E-state index contributed by atoms with van der Waals surface area (Å²) >= 11 is 0. The maximum Gasteiger partial charge on any atom is 0.335 e. The third kappa shape index (κ3) is 4.13. The van der Waals surface area contributed by atoms with Gasteiger partial charge < -0.3 is 21.1 Å². The number of nitrogens with one attached hydrogen (secondary N) is 2. The van der Waals surface area contributed by atoms with Crippen LogP contribution in [0.15, 0.2) is 24.4 Å². The summed E-state index contributed by atoms with van der Waals surface area (Å²) in [6, 6.07) is 6.11. The number of aromatic carboxylic acids is 1. The van der Waals surface area contributed by atoms with E-state index in [0.29, 0.717) is 42.1 Å². The summed E-state index contributed by atoms with van der Waals surface area (Å²) in [4.78, 5) is 40.8. The Labute approximate surface area is 180 Å². The molecule has 1 aromatic heterocycles. The Bertz CT molecular complexity index is 1050. The van der Waals surface area contributed by atoms with Gasteiger partial charge in [0.2, 0.25) is 11.8 Å².